The van der Waals surface area contributed by atoms with Crippen molar-refractivity contribution >= 4 is 0 Å². The molecule has 2 rings (SSSR count). The molecule has 1 saturated carbocycles. The van der Waals surface area contributed by atoms with E-state index in [1.54, 1.807) is 0 Å². The van der Waals surface area contributed by atoms with Gasteiger partial charge in [-0.15, -0.1) is 0 Å². The average molecular weight is 252 g/mol. The fourth-order valence-corrected chi connectivity index (χ4v) is 3.93. The molecule has 0 radical (unpaired) electrons. The van der Waals surface area contributed by atoms with Gasteiger partial charge in [0.25, 0.3) is 0 Å². The molecule has 0 aromatic rings. The van der Waals surface area contributed by atoms with Gasteiger partial charge in [0.05, 0.1) is 0 Å². The Morgan fingerprint density at radius 1 is 1.06 bits per heavy atom. The van der Waals surface area contributed by atoms with Crippen LogP contribution in [-0.2, 0) is 0 Å². The van der Waals surface area contributed by atoms with E-state index in [-0.39, 0.29) is 0 Å². The number of hydrogen-bond acceptors (Lipinski definition) is 2. The summed E-state index contributed by atoms with van der Waals surface area (Å²) >= 11 is 0. The summed E-state index contributed by atoms with van der Waals surface area (Å²) in [6.45, 7) is 10.7. The predicted octanol–water partition coefficient (Wildman–Crippen LogP) is 3.26. The molecule has 1 heterocycles. The van der Waals surface area contributed by atoms with E-state index in [4.69, 9.17) is 5.73 Å². The maximum atomic E-state index is 5.85. The van der Waals surface area contributed by atoms with E-state index in [0.29, 0.717) is 5.41 Å². The van der Waals surface area contributed by atoms with Crippen molar-refractivity contribution in [3.63, 3.8) is 0 Å². The van der Waals surface area contributed by atoms with Gasteiger partial charge in [-0.25, -0.2) is 0 Å². The second-order valence-electron chi connectivity index (χ2n) is 7.61. The molecule has 2 N–H and O–H groups in total. The fraction of sp³-hybridized carbons (Fsp3) is 1.00. The maximum Gasteiger partial charge on any atom is 0.00955 e. The third-order valence-electron chi connectivity index (χ3n) is 5.32. The summed E-state index contributed by atoms with van der Waals surface area (Å²) in [4.78, 5) is 2.75. The van der Waals surface area contributed by atoms with Gasteiger partial charge < -0.3 is 10.6 Å². The molecule has 0 aromatic heterocycles. The zero-order chi connectivity index (χ0) is 13.2. The van der Waals surface area contributed by atoms with Crippen molar-refractivity contribution in [3.8, 4) is 0 Å². The number of nitrogens with zero attached hydrogens (tertiary/aromatic N) is 1. The molecule has 0 amide bonds. The second kappa shape index (κ2) is 5.92. The van der Waals surface area contributed by atoms with Crippen molar-refractivity contribution in [2.24, 2.45) is 23.0 Å². The third-order valence-corrected chi connectivity index (χ3v) is 5.32. The van der Waals surface area contributed by atoms with Crippen LogP contribution in [0.25, 0.3) is 0 Å². The molecule has 2 nitrogen and oxygen atoms in total. The van der Waals surface area contributed by atoms with Gasteiger partial charge in [0.2, 0.25) is 0 Å². The van der Waals surface area contributed by atoms with Crippen LogP contribution in [0, 0.1) is 17.3 Å². The van der Waals surface area contributed by atoms with Crippen LogP contribution in [-0.4, -0.2) is 30.6 Å². The van der Waals surface area contributed by atoms with Crippen LogP contribution in [0.4, 0.5) is 0 Å². The number of hydrogen-bond donors (Lipinski definition) is 1. The van der Waals surface area contributed by atoms with E-state index in [0.717, 1.165) is 24.4 Å². The number of piperidine rings is 1. The molecule has 18 heavy (non-hydrogen) atoms. The topological polar surface area (TPSA) is 29.3 Å². The van der Waals surface area contributed by atoms with Gasteiger partial charge in [-0.05, 0) is 68.9 Å². The highest BCUT2D eigenvalue weighted by Crippen LogP contribution is 2.39. The van der Waals surface area contributed by atoms with E-state index in [9.17, 15) is 0 Å². The highest BCUT2D eigenvalue weighted by atomic mass is 15.2. The Morgan fingerprint density at radius 3 is 2.28 bits per heavy atom. The highest BCUT2D eigenvalue weighted by molar-refractivity contribution is 4.87. The zero-order valence-corrected chi connectivity index (χ0v) is 12.6. The van der Waals surface area contributed by atoms with Gasteiger partial charge in [-0.2, -0.15) is 0 Å². The van der Waals surface area contributed by atoms with Gasteiger partial charge in [-0.1, -0.05) is 20.8 Å². The van der Waals surface area contributed by atoms with E-state index in [1.165, 1.54) is 51.6 Å². The first-order chi connectivity index (χ1) is 8.50. The molecule has 0 aromatic carbocycles. The summed E-state index contributed by atoms with van der Waals surface area (Å²) < 4.78 is 0. The number of likely N-dealkylation sites (tertiary alicyclic amines) is 1. The van der Waals surface area contributed by atoms with E-state index in [2.05, 4.69) is 25.7 Å². The van der Waals surface area contributed by atoms with Crippen molar-refractivity contribution in [2.75, 3.05) is 19.6 Å². The molecule has 0 bridgehead atoms. The van der Waals surface area contributed by atoms with Crippen molar-refractivity contribution in [1.29, 1.82) is 0 Å². The first-order valence-corrected chi connectivity index (χ1v) is 7.95. The quantitative estimate of drug-likeness (QED) is 0.817. The molecule has 1 aliphatic carbocycles. The molecule has 1 unspecified atom stereocenters. The lowest BCUT2D eigenvalue weighted by atomic mass is 9.71. The van der Waals surface area contributed by atoms with Crippen LogP contribution in [0.3, 0.4) is 0 Å². The van der Waals surface area contributed by atoms with Gasteiger partial charge in [-0.3, -0.25) is 0 Å². The molecule has 1 aliphatic heterocycles. The molecule has 1 atom stereocenters. The minimum absolute atomic E-state index is 0.507. The fourth-order valence-electron chi connectivity index (χ4n) is 3.93. The zero-order valence-electron chi connectivity index (χ0n) is 12.6. The predicted molar refractivity (Wildman–Crippen MR) is 78.6 cm³/mol. The van der Waals surface area contributed by atoms with Crippen LogP contribution in [0.15, 0.2) is 0 Å². The lowest BCUT2D eigenvalue weighted by Gasteiger charge is -2.43. The van der Waals surface area contributed by atoms with Crippen molar-refractivity contribution in [2.45, 2.75) is 65.3 Å². The van der Waals surface area contributed by atoms with Crippen LogP contribution in [0.5, 0.6) is 0 Å². The molecule has 2 fully saturated rings. The molecular formula is C16H32N2. The molecule has 0 spiro atoms. The van der Waals surface area contributed by atoms with Crippen LogP contribution in [0.2, 0.25) is 0 Å². The van der Waals surface area contributed by atoms with Crippen LogP contribution < -0.4 is 5.73 Å². The minimum atomic E-state index is 0.507. The Kier molecular flexibility index (Phi) is 4.71. The van der Waals surface area contributed by atoms with Gasteiger partial charge in [0, 0.05) is 12.6 Å². The summed E-state index contributed by atoms with van der Waals surface area (Å²) in [5.41, 5.74) is 6.35. The van der Waals surface area contributed by atoms with Crippen molar-refractivity contribution < 1.29 is 0 Å². The first-order valence-electron chi connectivity index (χ1n) is 7.95. The summed E-state index contributed by atoms with van der Waals surface area (Å²) in [7, 11) is 0. The Labute approximate surface area is 113 Å². The first kappa shape index (κ1) is 14.3. The van der Waals surface area contributed by atoms with Gasteiger partial charge in [0.1, 0.15) is 0 Å². The molecule has 1 saturated heterocycles. The largest absolute Gasteiger partial charge is 0.330 e. The van der Waals surface area contributed by atoms with Crippen molar-refractivity contribution in [1.82, 2.24) is 4.90 Å². The lowest BCUT2D eigenvalue weighted by molar-refractivity contribution is 0.0664. The molecule has 106 valence electrons. The summed E-state index contributed by atoms with van der Waals surface area (Å²) in [6, 6.07) is 0.859. The summed E-state index contributed by atoms with van der Waals surface area (Å²) in [5, 5.41) is 0. The molecule has 2 heteroatoms. The SMILES string of the molecule is CC(C)(C)C1CCC(N2CCCC(CN)C2)CC1. The lowest BCUT2D eigenvalue weighted by Crippen LogP contribution is -2.46. The summed E-state index contributed by atoms with van der Waals surface area (Å²) in [6.07, 6.45) is 8.40. The van der Waals surface area contributed by atoms with Gasteiger partial charge >= 0.3 is 0 Å². The Balaban J connectivity index is 1.82. The average Bonchev–Trinajstić information content (AvgIpc) is 2.38. The molecular weight excluding hydrogens is 220 g/mol. The van der Waals surface area contributed by atoms with E-state index < -0.39 is 0 Å². The number of rotatable bonds is 2. The molecule has 2 aliphatic rings. The Bertz CT molecular complexity index is 248. The normalized spacial score (nSPS) is 35.7. The number of nitrogens with two attached hydrogens (primary N) is 1. The highest BCUT2D eigenvalue weighted by Gasteiger charge is 2.33. The van der Waals surface area contributed by atoms with Crippen LogP contribution in [0.1, 0.15) is 59.3 Å². The van der Waals surface area contributed by atoms with E-state index in [1.807, 2.05) is 0 Å². The smallest absolute Gasteiger partial charge is 0.00955 e. The van der Waals surface area contributed by atoms with Gasteiger partial charge in [0.15, 0.2) is 0 Å². The third kappa shape index (κ3) is 3.48. The van der Waals surface area contributed by atoms with E-state index >= 15 is 0 Å². The monoisotopic (exact) mass is 252 g/mol. The Hall–Kier alpha value is -0.0800. The Morgan fingerprint density at radius 2 is 1.72 bits per heavy atom. The van der Waals surface area contributed by atoms with Crippen molar-refractivity contribution in [3.05, 3.63) is 0 Å². The van der Waals surface area contributed by atoms with Crippen LogP contribution >= 0.6 is 0 Å². The second-order valence-corrected chi connectivity index (χ2v) is 7.61. The summed E-state index contributed by atoms with van der Waals surface area (Å²) in [5.74, 6) is 1.70. The maximum absolute atomic E-state index is 5.85. The minimum Gasteiger partial charge on any atom is -0.330 e. The standard InChI is InChI=1S/C16H32N2/c1-16(2,3)14-6-8-15(9-7-14)18-10-4-5-13(11-17)12-18/h13-15H,4-12,17H2,1-3H3.